The maximum absolute atomic E-state index is 10.3. The van der Waals surface area contributed by atoms with Crippen LogP contribution in [0.3, 0.4) is 0 Å². The van der Waals surface area contributed by atoms with Crippen molar-refractivity contribution in [1.82, 2.24) is 4.98 Å². The Bertz CT molecular complexity index is 319. The molecule has 0 amide bonds. The van der Waals surface area contributed by atoms with Gasteiger partial charge in [-0.1, -0.05) is 11.6 Å². The van der Waals surface area contributed by atoms with Crippen LogP contribution in [0.5, 0.6) is 0 Å². The summed E-state index contributed by atoms with van der Waals surface area (Å²) in [5.41, 5.74) is 0.442. The molecule has 6 heteroatoms. The molecular formula is C6H4BrClN2O2. The molecule has 0 aliphatic carbocycles. The molecule has 0 atom stereocenters. The first-order chi connectivity index (χ1) is 5.52. The molecule has 4 nitrogen and oxygen atoms in total. The van der Waals surface area contributed by atoms with E-state index in [1.165, 1.54) is 6.07 Å². The van der Waals surface area contributed by atoms with E-state index in [-0.39, 0.29) is 5.82 Å². The fourth-order valence-electron chi connectivity index (χ4n) is 0.696. The number of rotatable bonds is 1. The van der Waals surface area contributed by atoms with Gasteiger partial charge in [-0.3, -0.25) is 0 Å². The molecule has 0 aliphatic heterocycles. The monoisotopic (exact) mass is 250 g/mol. The number of halogens is 2. The molecule has 1 aromatic rings. The molecule has 0 aliphatic rings. The van der Waals surface area contributed by atoms with Crippen LogP contribution in [0.4, 0.5) is 5.82 Å². The fourth-order valence-corrected chi connectivity index (χ4v) is 1.28. The number of pyridine rings is 1. The van der Waals surface area contributed by atoms with Crippen LogP contribution < -0.4 is 0 Å². The first-order valence-electron chi connectivity index (χ1n) is 2.99. The zero-order valence-corrected chi connectivity index (χ0v) is 8.39. The van der Waals surface area contributed by atoms with Gasteiger partial charge >= 0.3 is 5.82 Å². The SMILES string of the molecule is Cc1nc([N+](=O)[O-])cc(Br)c1Cl. The van der Waals surface area contributed by atoms with E-state index in [0.29, 0.717) is 15.2 Å². The van der Waals surface area contributed by atoms with Crippen molar-refractivity contribution in [2.75, 3.05) is 0 Å². The van der Waals surface area contributed by atoms with Crippen LogP contribution in [0.2, 0.25) is 5.02 Å². The van der Waals surface area contributed by atoms with E-state index >= 15 is 0 Å². The fraction of sp³-hybridized carbons (Fsp3) is 0.167. The average Bonchev–Trinajstić information content (AvgIpc) is 1.99. The van der Waals surface area contributed by atoms with Crippen molar-refractivity contribution in [2.45, 2.75) is 6.92 Å². The number of nitrogens with zero attached hydrogens (tertiary/aromatic N) is 2. The minimum absolute atomic E-state index is 0.205. The highest BCUT2D eigenvalue weighted by molar-refractivity contribution is 9.10. The smallest absolute Gasteiger partial charge is 0.358 e. The Morgan fingerprint density at radius 2 is 2.33 bits per heavy atom. The van der Waals surface area contributed by atoms with Crippen LogP contribution in [-0.2, 0) is 0 Å². The highest BCUT2D eigenvalue weighted by Gasteiger charge is 2.14. The second-order valence-corrected chi connectivity index (χ2v) is 3.35. The third-order valence-electron chi connectivity index (χ3n) is 1.25. The van der Waals surface area contributed by atoms with Gasteiger partial charge in [-0.05, 0) is 25.8 Å². The normalized spacial score (nSPS) is 9.92. The van der Waals surface area contributed by atoms with Crippen LogP contribution >= 0.6 is 27.5 Å². The Kier molecular flexibility index (Phi) is 2.64. The summed E-state index contributed by atoms with van der Waals surface area (Å²) in [7, 11) is 0. The minimum atomic E-state index is -0.561. The summed E-state index contributed by atoms with van der Waals surface area (Å²) in [6.45, 7) is 1.61. The minimum Gasteiger partial charge on any atom is -0.358 e. The summed E-state index contributed by atoms with van der Waals surface area (Å²) < 4.78 is 0.489. The van der Waals surface area contributed by atoms with Crippen LogP contribution in [0.15, 0.2) is 10.5 Å². The Morgan fingerprint density at radius 3 is 2.75 bits per heavy atom. The van der Waals surface area contributed by atoms with Crippen molar-refractivity contribution in [1.29, 1.82) is 0 Å². The maximum Gasteiger partial charge on any atom is 0.364 e. The lowest BCUT2D eigenvalue weighted by Gasteiger charge is -1.96. The van der Waals surface area contributed by atoms with Gasteiger partial charge < -0.3 is 10.1 Å². The molecule has 0 aromatic carbocycles. The van der Waals surface area contributed by atoms with E-state index in [9.17, 15) is 10.1 Å². The van der Waals surface area contributed by atoms with Gasteiger partial charge in [0, 0.05) is 11.4 Å². The molecule has 0 saturated carbocycles. The second-order valence-electron chi connectivity index (χ2n) is 2.12. The van der Waals surface area contributed by atoms with Crippen LogP contribution in [0, 0.1) is 17.0 Å². The molecule has 0 unspecified atom stereocenters. The number of aromatic nitrogens is 1. The van der Waals surface area contributed by atoms with Gasteiger partial charge in [-0.2, -0.15) is 0 Å². The molecule has 0 bridgehead atoms. The first kappa shape index (κ1) is 9.41. The van der Waals surface area contributed by atoms with Crippen molar-refractivity contribution in [3.63, 3.8) is 0 Å². The lowest BCUT2D eigenvalue weighted by atomic mass is 10.4. The molecule has 1 heterocycles. The summed E-state index contributed by atoms with van der Waals surface area (Å²) >= 11 is 8.81. The van der Waals surface area contributed by atoms with Crippen LogP contribution in [0.25, 0.3) is 0 Å². The van der Waals surface area contributed by atoms with Crippen molar-refractivity contribution < 1.29 is 4.92 Å². The van der Waals surface area contributed by atoms with Crippen molar-refractivity contribution in [3.05, 3.63) is 31.4 Å². The largest absolute Gasteiger partial charge is 0.364 e. The average molecular weight is 251 g/mol. The number of nitro groups is 1. The van der Waals surface area contributed by atoms with Gasteiger partial charge in [0.15, 0.2) is 5.69 Å². The topological polar surface area (TPSA) is 56.0 Å². The summed E-state index contributed by atoms with van der Waals surface area (Å²) in [6, 6.07) is 1.27. The highest BCUT2D eigenvalue weighted by Crippen LogP contribution is 2.27. The lowest BCUT2D eigenvalue weighted by molar-refractivity contribution is -0.389. The quantitative estimate of drug-likeness (QED) is 0.569. The van der Waals surface area contributed by atoms with Crippen molar-refractivity contribution in [3.8, 4) is 0 Å². The summed E-state index contributed by atoms with van der Waals surface area (Å²) in [4.78, 5) is 13.4. The second kappa shape index (κ2) is 3.37. The lowest BCUT2D eigenvalue weighted by Crippen LogP contribution is -1.94. The van der Waals surface area contributed by atoms with Gasteiger partial charge in [-0.25, -0.2) is 0 Å². The summed E-state index contributed by atoms with van der Waals surface area (Å²) in [5.74, 6) is -0.205. The van der Waals surface area contributed by atoms with Gasteiger partial charge in [0.05, 0.1) is 6.07 Å². The third kappa shape index (κ3) is 1.73. The zero-order chi connectivity index (χ0) is 9.30. The predicted octanol–water partition coefficient (Wildman–Crippen LogP) is 2.71. The van der Waals surface area contributed by atoms with E-state index < -0.39 is 4.92 Å². The zero-order valence-electron chi connectivity index (χ0n) is 6.04. The van der Waals surface area contributed by atoms with Crippen LogP contribution in [0.1, 0.15) is 5.69 Å². The van der Waals surface area contributed by atoms with Gasteiger partial charge in [0.2, 0.25) is 0 Å². The molecule has 0 radical (unpaired) electrons. The van der Waals surface area contributed by atoms with E-state index in [1.807, 2.05) is 0 Å². The van der Waals surface area contributed by atoms with E-state index in [2.05, 4.69) is 20.9 Å². The van der Waals surface area contributed by atoms with Crippen molar-refractivity contribution >= 4 is 33.3 Å². The maximum atomic E-state index is 10.3. The standard InChI is InChI=1S/C6H4BrClN2O2/c1-3-6(8)4(7)2-5(9-3)10(11)12/h2H,1H3. The molecule has 0 saturated heterocycles. The molecule has 12 heavy (non-hydrogen) atoms. The van der Waals surface area contributed by atoms with Gasteiger partial charge in [0.1, 0.15) is 5.02 Å². The number of aryl methyl sites for hydroxylation is 1. The third-order valence-corrected chi connectivity index (χ3v) is 2.58. The Hall–Kier alpha value is -0.680. The number of hydrogen-bond acceptors (Lipinski definition) is 3. The molecule has 0 N–H and O–H groups in total. The van der Waals surface area contributed by atoms with Gasteiger partial charge in [0.25, 0.3) is 0 Å². The predicted molar refractivity (Wildman–Crippen MR) is 48.3 cm³/mol. The molecule has 1 rings (SSSR count). The summed E-state index contributed by atoms with van der Waals surface area (Å²) in [5, 5.41) is 10.7. The van der Waals surface area contributed by atoms with Crippen molar-refractivity contribution in [2.24, 2.45) is 0 Å². The molecular weight excluding hydrogens is 247 g/mol. The Morgan fingerprint density at radius 1 is 1.75 bits per heavy atom. The Balaban J connectivity index is 3.31. The molecule has 64 valence electrons. The van der Waals surface area contributed by atoms with E-state index in [1.54, 1.807) is 6.92 Å². The molecule has 0 fully saturated rings. The molecule has 1 aromatic heterocycles. The number of hydrogen-bond donors (Lipinski definition) is 0. The summed E-state index contributed by atoms with van der Waals surface area (Å²) in [6.07, 6.45) is 0. The van der Waals surface area contributed by atoms with Gasteiger partial charge in [-0.15, -0.1) is 0 Å². The first-order valence-corrected chi connectivity index (χ1v) is 4.16. The molecule has 0 spiro atoms. The highest BCUT2D eigenvalue weighted by atomic mass is 79.9. The van der Waals surface area contributed by atoms with Crippen LogP contribution in [-0.4, -0.2) is 9.91 Å². The van der Waals surface area contributed by atoms with E-state index in [4.69, 9.17) is 11.6 Å². The van der Waals surface area contributed by atoms with E-state index in [0.717, 1.165) is 0 Å². The Labute approximate surface area is 81.8 Å².